The molecule has 0 bridgehead atoms. The first-order valence-corrected chi connectivity index (χ1v) is 7.66. The summed E-state index contributed by atoms with van der Waals surface area (Å²) < 4.78 is 27.1. The molecule has 1 aliphatic rings. The van der Waals surface area contributed by atoms with Crippen molar-refractivity contribution in [2.45, 2.75) is 31.7 Å². The Bertz CT molecular complexity index is 688. The predicted molar refractivity (Wildman–Crippen MR) is 78.1 cm³/mol. The summed E-state index contributed by atoms with van der Waals surface area (Å²) in [6.45, 7) is 0. The zero-order valence-electron chi connectivity index (χ0n) is 11.2. The van der Waals surface area contributed by atoms with Crippen LogP contribution in [0.15, 0.2) is 12.1 Å². The molecule has 0 radical (unpaired) electrons. The van der Waals surface area contributed by atoms with E-state index >= 15 is 0 Å². The lowest BCUT2D eigenvalue weighted by atomic mass is 9.86. The van der Waals surface area contributed by atoms with E-state index in [-0.39, 0.29) is 23.4 Å². The van der Waals surface area contributed by atoms with Crippen molar-refractivity contribution in [2.24, 2.45) is 11.7 Å². The first kappa shape index (κ1) is 14.3. The zero-order valence-corrected chi connectivity index (χ0v) is 12.1. The van der Waals surface area contributed by atoms with Crippen molar-refractivity contribution in [2.75, 3.05) is 5.32 Å². The number of fused-ring (bicyclic) bond motifs is 1. The number of nitrogens with two attached hydrogens (primary N) is 1. The van der Waals surface area contributed by atoms with Gasteiger partial charge in [0.15, 0.2) is 10.9 Å². The van der Waals surface area contributed by atoms with Gasteiger partial charge in [0.2, 0.25) is 5.91 Å². The average molecular weight is 311 g/mol. The Morgan fingerprint density at radius 1 is 1.38 bits per heavy atom. The molecule has 1 heterocycles. The lowest BCUT2D eigenvalue weighted by Gasteiger charge is -2.25. The van der Waals surface area contributed by atoms with Crippen LogP contribution in [0.5, 0.6) is 0 Å². The molecule has 1 aromatic heterocycles. The van der Waals surface area contributed by atoms with Crippen LogP contribution in [0.2, 0.25) is 0 Å². The monoisotopic (exact) mass is 311 g/mol. The number of carbonyl (C=O) groups is 1. The number of anilines is 1. The molecule has 1 fully saturated rings. The fourth-order valence-corrected chi connectivity index (χ4v) is 3.59. The van der Waals surface area contributed by atoms with Crippen molar-refractivity contribution >= 4 is 32.6 Å². The largest absolute Gasteiger partial charge is 0.328 e. The number of thiazole rings is 1. The molecule has 0 aliphatic heterocycles. The molecule has 2 atom stereocenters. The molecule has 1 amide bonds. The highest BCUT2D eigenvalue weighted by molar-refractivity contribution is 7.22. The maximum Gasteiger partial charge on any atom is 0.229 e. The van der Waals surface area contributed by atoms with Gasteiger partial charge in [0.25, 0.3) is 0 Å². The van der Waals surface area contributed by atoms with Gasteiger partial charge in [-0.15, -0.1) is 0 Å². The van der Waals surface area contributed by atoms with E-state index in [2.05, 4.69) is 10.3 Å². The van der Waals surface area contributed by atoms with Crippen LogP contribution in [-0.2, 0) is 4.79 Å². The number of amides is 1. The van der Waals surface area contributed by atoms with Crippen molar-refractivity contribution < 1.29 is 13.6 Å². The number of hydrogen-bond donors (Lipinski definition) is 2. The Kier molecular flexibility index (Phi) is 3.86. The highest BCUT2D eigenvalue weighted by atomic mass is 32.1. The topological polar surface area (TPSA) is 68.0 Å². The van der Waals surface area contributed by atoms with E-state index in [0.29, 0.717) is 16.3 Å². The third-order valence-corrected chi connectivity index (χ3v) is 4.65. The minimum Gasteiger partial charge on any atom is -0.328 e. The average Bonchev–Trinajstić information content (AvgIpc) is 2.81. The van der Waals surface area contributed by atoms with Crippen molar-refractivity contribution in [1.29, 1.82) is 0 Å². The molecule has 1 aliphatic carbocycles. The Balaban J connectivity index is 1.78. The number of benzene rings is 1. The number of rotatable bonds is 2. The van der Waals surface area contributed by atoms with Crippen LogP contribution >= 0.6 is 11.3 Å². The van der Waals surface area contributed by atoms with E-state index in [0.717, 1.165) is 36.7 Å². The molecule has 3 N–H and O–H groups in total. The molecule has 1 saturated carbocycles. The van der Waals surface area contributed by atoms with E-state index in [9.17, 15) is 13.6 Å². The number of aromatic nitrogens is 1. The van der Waals surface area contributed by atoms with Crippen LogP contribution < -0.4 is 11.1 Å². The highest BCUT2D eigenvalue weighted by Crippen LogP contribution is 2.30. The molecule has 21 heavy (non-hydrogen) atoms. The van der Waals surface area contributed by atoms with Crippen LogP contribution in [0.1, 0.15) is 25.7 Å². The van der Waals surface area contributed by atoms with E-state index in [1.54, 1.807) is 0 Å². The molecule has 4 nitrogen and oxygen atoms in total. The van der Waals surface area contributed by atoms with E-state index < -0.39 is 11.6 Å². The smallest absolute Gasteiger partial charge is 0.229 e. The second kappa shape index (κ2) is 5.65. The van der Waals surface area contributed by atoms with Crippen molar-refractivity contribution in [3.05, 3.63) is 23.8 Å². The number of nitrogens with zero attached hydrogens (tertiary/aromatic N) is 1. The van der Waals surface area contributed by atoms with Gasteiger partial charge in [-0.1, -0.05) is 17.8 Å². The molecule has 7 heteroatoms. The Morgan fingerprint density at radius 2 is 2.19 bits per heavy atom. The molecule has 0 spiro atoms. The first-order valence-electron chi connectivity index (χ1n) is 6.85. The minimum atomic E-state index is -0.721. The van der Waals surface area contributed by atoms with Crippen LogP contribution in [-0.4, -0.2) is 16.9 Å². The lowest BCUT2D eigenvalue weighted by molar-refractivity contribution is -0.120. The molecule has 112 valence electrons. The summed E-state index contributed by atoms with van der Waals surface area (Å²) in [5.74, 6) is -1.66. The normalized spacial score (nSPS) is 22.4. The van der Waals surface area contributed by atoms with Crippen LogP contribution in [0.25, 0.3) is 10.2 Å². The zero-order chi connectivity index (χ0) is 15.0. The van der Waals surface area contributed by atoms with Crippen molar-refractivity contribution in [3.63, 3.8) is 0 Å². The van der Waals surface area contributed by atoms with Crippen LogP contribution in [0, 0.1) is 17.6 Å². The van der Waals surface area contributed by atoms with Gasteiger partial charge in [0.1, 0.15) is 11.3 Å². The van der Waals surface area contributed by atoms with Gasteiger partial charge in [-0.3, -0.25) is 4.79 Å². The number of carbonyl (C=O) groups excluding carboxylic acids is 1. The predicted octanol–water partition coefficient (Wildman–Crippen LogP) is 3.03. The summed E-state index contributed by atoms with van der Waals surface area (Å²) in [4.78, 5) is 16.2. The fraction of sp³-hybridized carbons (Fsp3) is 0.429. The van der Waals surface area contributed by atoms with E-state index in [4.69, 9.17) is 5.73 Å². The second-order valence-corrected chi connectivity index (χ2v) is 6.40. The quantitative estimate of drug-likeness (QED) is 0.896. The standard InChI is InChI=1S/C14H15F2N3OS/c15-8-5-10(16)12-11(6-8)21-14(18-12)19-13(20)7-2-1-3-9(17)4-7/h5-7,9H,1-4,17H2,(H,18,19,20)/t7?,9-/m0/s1. The summed E-state index contributed by atoms with van der Waals surface area (Å²) in [6, 6.07) is 2.05. The summed E-state index contributed by atoms with van der Waals surface area (Å²) in [5.41, 5.74) is 5.95. The molecular formula is C14H15F2N3OS. The Morgan fingerprint density at radius 3 is 2.95 bits per heavy atom. The maximum absolute atomic E-state index is 13.6. The molecule has 3 rings (SSSR count). The first-order chi connectivity index (χ1) is 10.0. The Labute approximate surface area is 124 Å². The summed E-state index contributed by atoms with van der Waals surface area (Å²) in [6.07, 6.45) is 3.32. The number of hydrogen-bond acceptors (Lipinski definition) is 4. The van der Waals surface area contributed by atoms with Gasteiger partial charge in [-0.2, -0.15) is 0 Å². The van der Waals surface area contributed by atoms with Crippen molar-refractivity contribution in [3.8, 4) is 0 Å². The third-order valence-electron chi connectivity index (χ3n) is 3.73. The van der Waals surface area contributed by atoms with Crippen molar-refractivity contribution in [1.82, 2.24) is 4.98 Å². The molecular weight excluding hydrogens is 296 g/mol. The van der Waals surface area contributed by atoms with Gasteiger partial charge >= 0.3 is 0 Å². The number of nitrogens with one attached hydrogen (secondary N) is 1. The minimum absolute atomic E-state index is 0.0522. The van der Waals surface area contributed by atoms with Gasteiger partial charge in [0.05, 0.1) is 4.70 Å². The molecule has 1 unspecified atom stereocenters. The maximum atomic E-state index is 13.6. The Hall–Kier alpha value is -1.60. The summed E-state index contributed by atoms with van der Waals surface area (Å²) in [7, 11) is 0. The fourth-order valence-electron chi connectivity index (χ4n) is 2.68. The van der Waals surface area contributed by atoms with Crippen LogP contribution in [0.3, 0.4) is 0 Å². The van der Waals surface area contributed by atoms with Gasteiger partial charge in [-0.05, 0) is 25.3 Å². The molecule has 2 aromatic rings. The van der Waals surface area contributed by atoms with Gasteiger partial charge < -0.3 is 11.1 Å². The van der Waals surface area contributed by atoms with Gasteiger partial charge in [0, 0.05) is 18.0 Å². The molecule has 1 aromatic carbocycles. The SMILES string of the molecule is N[C@H]1CCCC(C(=O)Nc2nc3c(F)cc(F)cc3s2)C1. The number of halogens is 2. The van der Waals surface area contributed by atoms with Crippen LogP contribution in [0.4, 0.5) is 13.9 Å². The third kappa shape index (κ3) is 3.03. The summed E-state index contributed by atoms with van der Waals surface area (Å²) in [5, 5.41) is 2.98. The lowest BCUT2D eigenvalue weighted by Crippen LogP contribution is -2.34. The summed E-state index contributed by atoms with van der Waals surface area (Å²) >= 11 is 1.06. The van der Waals surface area contributed by atoms with Gasteiger partial charge in [-0.25, -0.2) is 13.8 Å². The second-order valence-electron chi connectivity index (χ2n) is 5.37. The van der Waals surface area contributed by atoms with E-state index in [1.165, 1.54) is 6.07 Å². The van der Waals surface area contributed by atoms with E-state index in [1.807, 2.05) is 0 Å². The highest BCUT2D eigenvalue weighted by Gasteiger charge is 2.26. The molecule has 0 saturated heterocycles.